The second-order valence-corrected chi connectivity index (χ2v) is 9.27. The minimum atomic E-state index is -1.46. The molecule has 2 aromatic carbocycles. The Morgan fingerprint density at radius 1 is 1.11 bits per heavy atom. The summed E-state index contributed by atoms with van der Waals surface area (Å²) in [5, 5.41) is 2.40. The molecule has 14 heteroatoms. The number of halogens is 4. The minimum absolute atomic E-state index is 0. The van der Waals surface area contributed by atoms with Gasteiger partial charge in [-0.2, -0.15) is 22.2 Å². The molecule has 0 aliphatic rings. The quantitative estimate of drug-likeness (QED) is 0.107. The number of rotatable bonds is 11. The molecule has 5 N–H and O–H groups in total. The summed E-state index contributed by atoms with van der Waals surface area (Å²) in [5.74, 6) is -5.78. The standard InChI is InChI=1S/C24H26F4N6O2S.H2S/c1-12(2)32-34(4)37-36-33-24-20(27)14(7-8-30-24)10-15-11-16(23(29)35)22(21(28)19(15)26)31-18-6-5-13(3)9-17(18)25;/h5-9,11-12,31-32H,10H2,1-4H3,(H2,29,35)(H,30,33);1H2. The third kappa shape index (κ3) is 7.74. The highest BCUT2D eigenvalue weighted by atomic mass is 32.2. The van der Waals surface area contributed by atoms with Gasteiger partial charge in [0, 0.05) is 25.7 Å². The van der Waals surface area contributed by atoms with Crippen molar-refractivity contribution in [2.45, 2.75) is 33.2 Å². The largest absolute Gasteiger partial charge is 0.366 e. The molecule has 0 saturated heterocycles. The highest BCUT2D eigenvalue weighted by Gasteiger charge is 2.23. The molecule has 0 saturated carbocycles. The van der Waals surface area contributed by atoms with Crippen molar-refractivity contribution in [3.8, 4) is 0 Å². The number of pyridine rings is 1. The van der Waals surface area contributed by atoms with Gasteiger partial charge in [0.05, 0.1) is 16.9 Å². The van der Waals surface area contributed by atoms with Crippen LogP contribution in [-0.4, -0.2) is 28.4 Å². The first-order chi connectivity index (χ1) is 17.5. The van der Waals surface area contributed by atoms with Crippen LogP contribution in [0, 0.1) is 30.2 Å². The first-order valence-corrected chi connectivity index (χ1v) is 11.7. The molecule has 0 radical (unpaired) electrons. The van der Waals surface area contributed by atoms with Crippen LogP contribution in [0.3, 0.4) is 0 Å². The molecule has 206 valence electrons. The summed E-state index contributed by atoms with van der Waals surface area (Å²) in [6.07, 6.45) is 0.817. The zero-order valence-electron chi connectivity index (χ0n) is 21.0. The molecule has 0 spiro atoms. The molecule has 0 fully saturated rings. The van der Waals surface area contributed by atoms with Gasteiger partial charge in [0.1, 0.15) is 18.0 Å². The number of nitrogens with one attached hydrogen (secondary N) is 3. The summed E-state index contributed by atoms with van der Waals surface area (Å²) >= 11 is 0.841. The number of anilines is 3. The van der Waals surface area contributed by atoms with E-state index in [0.717, 1.165) is 18.3 Å². The number of primary amides is 1. The van der Waals surface area contributed by atoms with Crippen molar-refractivity contribution >= 4 is 48.8 Å². The Hall–Kier alpha value is -3.04. The minimum Gasteiger partial charge on any atom is -0.366 e. The van der Waals surface area contributed by atoms with Gasteiger partial charge in [-0.05, 0) is 61.7 Å². The van der Waals surface area contributed by atoms with Crippen LogP contribution in [-0.2, 0) is 10.7 Å². The Bertz CT molecular complexity index is 1300. The molecule has 0 aliphatic carbocycles. The van der Waals surface area contributed by atoms with Crippen LogP contribution in [0.5, 0.6) is 0 Å². The number of benzene rings is 2. The summed E-state index contributed by atoms with van der Waals surface area (Å²) in [6.45, 7) is 5.50. The maximum atomic E-state index is 15.1. The van der Waals surface area contributed by atoms with E-state index in [0.29, 0.717) is 5.56 Å². The van der Waals surface area contributed by atoms with Crippen molar-refractivity contribution < 1.29 is 26.6 Å². The van der Waals surface area contributed by atoms with Gasteiger partial charge in [0.25, 0.3) is 5.91 Å². The second kappa shape index (κ2) is 13.7. The predicted octanol–water partition coefficient (Wildman–Crippen LogP) is 5.24. The van der Waals surface area contributed by atoms with E-state index >= 15 is 13.2 Å². The monoisotopic (exact) mass is 572 g/mol. The molecule has 1 aromatic heterocycles. The molecular formula is C24H28F4N6O2S2. The zero-order valence-corrected chi connectivity index (χ0v) is 22.8. The number of carbonyl (C=O) groups is 1. The van der Waals surface area contributed by atoms with Crippen LogP contribution >= 0.6 is 25.7 Å². The van der Waals surface area contributed by atoms with Crippen molar-refractivity contribution in [2.24, 2.45) is 5.73 Å². The number of hydrogen-bond donors (Lipinski definition) is 4. The van der Waals surface area contributed by atoms with Crippen LogP contribution < -0.4 is 22.0 Å². The van der Waals surface area contributed by atoms with Gasteiger partial charge in [0.15, 0.2) is 23.3 Å². The molecule has 0 unspecified atom stereocenters. The Balaban J connectivity index is 0.00000507. The van der Waals surface area contributed by atoms with E-state index in [2.05, 4.69) is 21.2 Å². The second-order valence-electron chi connectivity index (χ2n) is 8.41. The fourth-order valence-corrected chi connectivity index (χ4v) is 3.86. The van der Waals surface area contributed by atoms with Gasteiger partial charge in [-0.25, -0.2) is 33.5 Å². The van der Waals surface area contributed by atoms with Crippen LogP contribution in [0.15, 0.2) is 36.5 Å². The maximum absolute atomic E-state index is 15.1. The molecule has 3 aromatic rings. The average Bonchev–Trinajstić information content (AvgIpc) is 2.81. The summed E-state index contributed by atoms with van der Waals surface area (Å²) in [4.78, 5) is 15.9. The lowest BCUT2D eigenvalue weighted by Gasteiger charge is -2.18. The summed E-state index contributed by atoms with van der Waals surface area (Å²) in [7, 11) is 1.69. The summed E-state index contributed by atoms with van der Waals surface area (Å²) < 4.78 is 66.1. The highest BCUT2D eigenvalue weighted by molar-refractivity contribution is 7.92. The highest BCUT2D eigenvalue weighted by Crippen LogP contribution is 2.31. The number of aromatic nitrogens is 1. The van der Waals surface area contributed by atoms with E-state index in [1.807, 2.05) is 13.8 Å². The van der Waals surface area contributed by atoms with Crippen LogP contribution in [0.4, 0.5) is 34.8 Å². The van der Waals surface area contributed by atoms with Crippen molar-refractivity contribution in [2.75, 3.05) is 17.8 Å². The molecule has 0 bridgehead atoms. The fourth-order valence-electron chi connectivity index (χ4n) is 3.38. The van der Waals surface area contributed by atoms with Gasteiger partial charge in [-0.15, -0.1) is 0 Å². The predicted molar refractivity (Wildman–Crippen MR) is 145 cm³/mol. The number of hydrazine groups is 1. The number of nitrogens with zero attached hydrogens (tertiary/aromatic N) is 2. The first-order valence-electron chi connectivity index (χ1n) is 11.0. The van der Waals surface area contributed by atoms with Crippen molar-refractivity contribution in [1.29, 1.82) is 0 Å². The van der Waals surface area contributed by atoms with Gasteiger partial charge in [-0.1, -0.05) is 6.07 Å². The normalized spacial score (nSPS) is 11.0. The number of hydrogen-bond acceptors (Lipinski definition) is 8. The molecule has 8 nitrogen and oxygen atoms in total. The van der Waals surface area contributed by atoms with Crippen molar-refractivity contribution in [3.05, 3.63) is 82.1 Å². The topological polar surface area (TPSA) is 105 Å². The molecule has 0 aliphatic heterocycles. The van der Waals surface area contributed by atoms with Gasteiger partial charge >= 0.3 is 0 Å². The number of carbonyl (C=O) groups excluding carboxylic acids is 1. The summed E-state index contributed by atoms with van der Waals surface area (Å²) in [6, 6.07) is 6.47. The van der Waals surface area contributed by atoms with E-state index in [4.69, 9.17) is 10.0 Å². The Kier molecular flexibility index (Phi) is 11.2. The number of aryl methyl sites for hydroxylation is 1. The van der Waals surface area contributed by atoms with E-state index in [9.17, 15) is 9.18 Å². The van der Waals surface area contributed by atoms with E-state index in [-0.39, 0.29) is 42.2 Å². The van der Waals surface area contributed by atoms with Crippen molar-refractivity contribution in [3.63, 3.8) is 0 Å². The van der Waals surface area contributed by atoms with E-state index in [1.54, 1.807) is 24.5 Å². The van der Waals surface area contributed by atoms with Crippen molar-refractivity contribution in [1.82, 2.24) is 14.8 Å². The average molecular weight is 573 g/mol. The lowest BCUT2D eigenvalue weighted by Crippen LogP contribution is -2.34. The number of amides is 1. The Labute approximate surface area is 229 Å². The van der Waals surface area contributed by atoms with E-state index < -0.39 is 46.8 Å². The SMILES string of the molecule is Cc1ccc(Nc2c(C(N)=O)cc(Cc3ccnc(NOSN(C)NC(C)C)c3F)c(F)c2F)c(F)c1.S. The van der Waals surface area contributed by atoms with Crippen LogP contribution in [0.1, 0.15) is 40.9 Å². The Morgan fingerprint density at radius 2 is 1.82 bits per heavy atom. The molecule has 1 amide bonds. The summed E-state index contributed by atoms with van der Waals surface area (Å²) in [5.41, 5.74) is 9.74. The first kappa shape index (κ1) is 31.2. The lowest BCUT2D eigenvalue weighted by atomic mass is 10.00. The van der Waals surface area contributed by atoms with Crippen LogP contribution in [0.25, 0.3) is 0 Å². The molecule has 38 heavy (non-hydrogen) atoms. The van der Waals surface area contributed by atoms with Gasteiger partial charge in [0.2, 0.25) is 0 Å². The smallest absolute Gasteiger partial charge is 0.250 e. The van der Waals surface area contributed by atoms with Gasteiger partial charge in [-0.3, -0.25) is 4.79 Å². The lowest BCUT2D eigenvalue weighted by molar-refractivity contribution is 0.100. The molecule has 1 heterocycles. The fraction of sp³-hybridized carbons (Fsp3) is 0.250. The van der Waals surface area contributed by atoms with Gasteiger partial charge < -0.3 is 11.1 Å². The van der Waals surface area contributed by atoms with E-state index in [1.165, 1.54) is 24.4 Å². The number of nitrogens with two attached hydrogens (primary N) is 1. The zero-order chi connectivity index (χ0) is 27.3. The molecule has 3 rings (SSSR count). The molecular weight excluding hydrogens is 544 g/mol. The third-order valence-electron chi connectivity index (χ3n) is 5.01. The van der Waals surface area contributed by atoms with Crippen LogP contribution in [0.2, 0.25) is 0 Å². The Morgan fingerprint density at radius 3 is 2.45 bits per heavy atom. The third-order valence-corrected chi connectivity index (χ3v) is 5.50. The maximum Gasteiger partial charge on any atom is 0.250 e. The molecule has 0 atom stereocenters.